The molecule has 3 rings (SSSR count). The number of aliphatic hydroxyl groups excluding tert-OH is 1. The monoisotopic (exact) mass is 432 g/mol. The smallest absolute Gasteiger partial charge is 0.416 e. The number of halogens is 5. The summed E-state index contributed by atoms with van der Waals surface area (Å²) in [4.78, 5) is 3.91. The zero-order chi connectivity index (χ0) is 21.0. The first-order chi connectivity index (χ1) is 13.7. The van der Waals surface area contributed by atoms with Crippen molar-refractivity contribution in [2.45, 2.75) is 12.3 Å². The number of rotatable bonds is 6. The summed E-state index contributed by atoms with van der Waals surface area (Å²) in [5.74, 6) is -0.178. The van der Waals surface area contributed by atoms with Gasteiger partial charge in [0.2, 0.25) is 0 Å². The van der Waals surface area contributed by atoms with Gasteiger partial charge in [0.15, 0.2) is 0 Å². The molecule has 1 atom stereocenters. The number of hydrogen-bond donors (Lipinski definition) is 1. The maximum atomic E-state index is 13.0. The molecule has 0 aliphatic carbocycles. The van der Waals surface area contributed by atoms with E-state index >= 15 is 0 Å². The lowest BCUT2D eigenvalue weighted by Gasteiger charge is -2.37. The Kier molecular flexibility index (Phi) is 6.87. The lowest BCUT2D eigenvalue weighted by atomic mass is 10.1. The molecule has 0 amide bonds. The van der Waals surface area contributed by atoms with Crippen LogP contribution in [0, 0.1) is 5.82 Å². The van der Waals surface area contributed by atoms with Crippen molar-refractivity contribution in [3.63, 3.8) is 0 Å². The molecule has 1 aliphatic heterocycles. The largest absolute Gasteiger partial charge is 0.489 e. The highest BCUT2D eigenvalue weighted by molar-refractivity contribution is 6.32. The van der Waals surface area contributed by atoms with E-state index in [-0.39, 0.29) is 11.6 Å². The van der Waals surface area contributed by atoms with E-state index in [1.807, 2.05) is 9.80 Å². The predicted octanol–water partition coefficient (Wildman–Crippen LogP) is 4.06. The Bertz CT molecular complexity index is 826. The van der Waals surface area contributed by atoms with Gasteiger partial charge in [0.05, 0.1) is 10.6 Å². The number of β-amino-alcohol motifs (C(OH)–C–C–N with tert-alkyl or cyclic N) is 1. The van der Waals surface area contributed by atoms with E-state index in [0.29, 0.717) is 44.2 Å². The van der Waals surface area contributed by atoms with E-state index in [2.05, 4.69) is 0 Å². The van der Waals surface area contributed by atoms with Crippen LogP contribution in [-0.2, 0) is 6.18 Å². The molecule has 9 heteroatoms. The Balaban J connectivity index is 1.47. The first-order valence-electron chi connectivity index (χ1n) is 9.13. The third-order valence-corrected chi connectivity index (χ3v) is 5.00. The maximum Gasteiger partial charge on any atom is 0.416 e. The summed E-state index contributed by atoms with van der Waals surface area (Å²) >= 11 is 5.89. The lowest BCUT2D eigenvalue weighted by Crippen LogP contribution is -2.49. The van der Waals surface area contributed by atoms with Crippen molar-refractivity contribution in [2.24, 2.45) is 0 Å². The molecular formula is C20H21ClF4N2O2. The Hall–Kier alpha value is -2.03. The second kappa shape index (κ2) is 9.19. The molecule has 0 aromatic heterocycles. The number of ether oxygens (including phenoxy) is 1. The van der Waals surface area contributed by atoms with Crippen LogP contribution in [0.3, 0.4) is 0 Å². The first kappa shape index (κ1) is 21.7. The van der Waals surface area contributed by atoms with Gasteiger partial charge in [0.25, 0.3) is 0 Å². The molecule has 1 aliphatic rings. The van der Waals surface area contributed by atoms with E-state index in [0.717, 1.165) is 18.2 Å². The number of nitrogens with zero attached hydrogens (tertiary/aromatic N) is 2. The zero-order valence-electron chi connectivity index (χ0n) is 15.5. The van der Waals surface area contributed by atoms with Gasteiger partial charge in [-0.2, -0.15) is 13.2 Å². The second-order valence-corrected chi connectivity index (χ2v) is 7.28. The fourth-order valence-corrected chi connectivity index (χ4v) is 3.42. The van der Waals surface area contributed by atoms with Crippen LogP contribution in [-0.4, -0.2) is 55.4 Å². The van der Waals surface area contributed by atoms with Crippen molar-refractivity contribution in [1.29, 1.82) is 0 Å². The van der Waals surface area contributed by atoms with Crippen LogP contribution in [0.25, 0.3) is 0 Å². The van der Waals surface area contributed by atoms with Crippen LogP contribution in [0.15, 0.2) is 42.5 Å². The van der Waals surface area contributed by atoms with E-state index in [1.54, 1.807) is 6.07 Å². The molecule has 158 valence electrons. The average Bonchev–Trinajstić information content (AvgIpc) is 2.67. The third kappa shape index (κ3) is 5.98. The molecule has 0 bridgehead atoms. The number of anilines is 1. The number of benzene rings is 2. The van der Waals surface area contributed by atoms with Crippen LogP contribution < -0.4 is 9.64 Å². The van der Waals surface area contributed by atoms with Gasteiger partial charge in [-0.05, 0) is 36.4 Å². The van der Waals surface area contributed by atoms with Crippen LogP contribution >= 0.6 is 11.6 Å². The van der Waals surface area contributed by atoms with Crippen LogP contribution in [0.1, 0.15) is 5.56 Å². The lowest BCUT2D eigenvalue weighted by molar-refractivity contribution is -0.137. The summed E-state index contributed by atoms with van der Waals surface area (Å²) in [5.41, 5.74) is -0.126. The molecule has 0 spiro atoms. The number of piperazine rings is 1. The minimum absolute atomic E-state index is 0.000799. The normalized spacial score (nSPS) is 16.7. The molecule has 0 unspecified atom stereocenters. The second-order valence-electron chi connectivity index (χ2n) is 6.88. The molecule has 1 N–H and O–H groups in total. The van der Waals surface area contributed by atoms with Crippen LogP contribution in [0.4, 0.5) is 23.2 Å². The van der Waals surface area contributed by atoms with E-state index in [9.17, 15) is 22.7 Å². The van der Waals surface area contributed by atoms with Crippen molar-refractivity contribution >= 4 is 17.3 Å². The van der Waals surface area contributed by atoms with Crippen LogP contribution in [0.5, 0.6) is 5.75 Å². The average molecular weight is 433 g/mol. The quantitative estimate of drug-likeness (QED) is 0.698. The SMILES string of the molecule is O[C@@H](COc1ccc(F)cc1Cl)CN1CCN(c2cccc(C(F)(F)F)c2)CC1. The highest BCUT2D eigenvalue weighted by Crippen LogP contribution is 2.32. The Labute approximate surface area is 171 Å². The van der Waals surface area contributed by atoms with Crippen molar-refractivity contribution in [3.8, 4) is 5.75 Å². The molecule has 4 nitrogen and oxygen atoms in total. The van der Waals surface area contributed by atoms with Gasteiger partial charge in [-0.3, -0.25) is 4.90 Å². The summed E-state index contributed by atoms with van der Waals surface area (Å²) in [5, 5.41) is 10.3. The van der Waals surface area contributed by atoms with Gasteiger partial charge in [-0.1, -0.05) is 17.7 Å². The molecule has 2 aromatic rings. The highest BCUT2D eigenvalue weighted by atomic mass is 35.5. The van der Waals surface area contributed by atoms with Gasteiger partial charge in [0, 0.05) is 38.4 Å². The van der Waals surface area contributed by atoms with E-state index in [1.165, 1.54) is 18.2 Å². The van der Waals surface area contributed by atoms with Crippen molar-refractivity contribution < 1.29 is 27.4 Å². The van der Waals surface area contributed by atoms with E-state index in [4.69, 9.17) is 16.3 Å². The third-order valence-electron chi connectivity index (χ3n) is 4.71. The number of aliphatic hydroxyl groups is 1. The maximum absolute atomic E-state index is 13.0. The fourth-order valence-electron chi connectivity index (χ4n) is 3.20. The molecule has 0 saturated carbocycles. The molecule has 29 heavy (non-hydrogen) atoms. The number of alkyl halides is 3. The molecule has 2 aromatic carbocycles. The topological polar surface area (TPSA) is 35.9 Å². The first-order valence-corrected chi connectivity index (χ1v) is 9.50. The van der Waals surface area contributed by atoms with Gasteiger partial charge in [0.1, 0.15) is 24.3 Å². The van der Waals surface area contributed by atoms with E-state index < -0.39 is 23.7 Å². The Morgan fingerprint density at radius 3 is 2.45 bits per heavy atom. The van der Waals surface area contributed by atoms with Gasteiger partial charge >= 0.3 is 6.18 Å². The molecule has 1 fully saturated rings. The Morgan fingerprint density at radius 1 is 1.07 bits per heavy atom. The summed E-state index contributed by atoms with van der Waals surface area (Å²) < 4.78 is 57.1. The van der Waals surface area contributed by atoms with Gasteiger partial charge < -0.3 is 14.7 Å². The standard InChI is InChI=1S/C20H21ClF4N2O2/c21-18-11-15(22)4-5-19(18)29-13-17(28)12-26-6-8-27(9-7-26)16-3-1-2-14(10-16)20(23,24)25/h1-5,10-11,17,28H,6-9,12-13H2/t17-/m1/s1. The van der Waals surface area contributed by atoms with Gasteiger partial charge in [-0.15, -0.1) is 0 Å². The zero-order valence-corrected chi connectivity index (χ0v) is 16.3. The van der Waals surface area contributed by atoms with Crippen molar-refractivity contribution in [3.05, 3.63) is 58.9 Å². The predicted molar refractivity (Wildman–Crippen MR) is 103 cm³/mol. The minimum Gasteiger partial charge on any atom is -0.489 e. The van der Waals surface area contributed by atoms with Crippen molar-refractivity contribution in [1.82, 2.24) is 4.90 Å². The molecule has 0 radical (unpaired) electrons. The Morgan fingerprint density at radius 2 is 1.79 bits per heavy atom. The summed E-state index contributed by atoms with van der Waals surface area (Å²) in [6, 6.07) is 9.05. The molecule has 1 heterocycles. The van der Waals surface area contributed by atoms with Crippen LogP contribution in [0.2, 0.25) is 5.02 Å². The molecular weight excluding hydrogens is 412 g/mol. The summed E-state index contributed by atoms with van der Waals surface area (Å²) in [6.07, 6.45) is -5.15. The summed E-state index contributed by atoms with van der Waals surface area (Å²) in [6.45, 7) is 2.67. The minimum atomic E-state index is -4.37. The summed E-state index contributed by atoms with van der Waals surface area (Å²) in [7, 11) is 0. The van der Waals surface area contributed by atoms with Crippen molar-refractivity contribution in [2.75, 3.05) is 44.2 Å². The molecule has 1 saturated heterocycles. The fraction of sp³-hybridized carbons (Fsp3) is 0.400. The highest BCUT2D eigenvalue weighted by Gasteiger charge is 2.31. The van der Waals surface area contributed by atoms with Gasteiger partial charge in [-0.25, -0.2) is 4.39 Å². The number of hydrogen-bond acceptors (Lipinski definition) is 4.